The molecule has 4 bridgehead atoms. The topological polar surface area (TPSA) is 113 Å². The maximum atomic E-state index is 13.6. The van der Waals surface area contributed by atoms with E-state index >= 15 is 0 Å². The Morgan fingerprint density at radius 2 is 1.90 bits per heavy atom. The first-order chi connectivity index (χ1) is 13.4. The Morgan fingerprint density at radius 1 is 1.21 bits per heavy atom. The van der Waals surface area contributed by atoms with Crippen molar-refractivity contribution in [2.75, 3.05) is 6.61 Å². The first-order valence-electron chi connectivity index (χ1n) is 10.6. The van der Waals surface area contributed by atoms with Crippen LogP contribution in [-0.2, 0) is 19.1 Å². The van der Waals surface area contributed by atoms with E-state index in [1.165, 1.54) is 6.92 Å². The molecule has 7 heteroatoms. The van der Waals surface area contributed by atoms with Crippen LogP contribution in [0.2, 0.25) is 0 Å². The molecule has 7 nitrogen and oxygen atoms in total. The van der Waals surface area contributed by atoms with Crippen molar-refractivity contribution in [3.63, 3.8) is 0 Å². The van der Waals surface area contributed by atoms with Crippen molar-refractivity contribution in [1.29, 1.82) is 0 Å². The van der Waals surface area contributed by atoms with Gasteiger partial charge in [-0.2, -0.15) is 0 Å². The summed E-state index contributed by atoms with van der Waals surface area (Å²) in [4.78, 5) is 25.6. The van der Waals surface area contributed by atoms with Gasteiger partial charge in [-0.05, 0) is 30.3 Å². The molecule has 9 atom stereocenters. The number of Topliss-reactive ketones (excluding diaryl/α,β-unsaturated/α-hetero) is 1. The first-order valence-corrected chi connectivity index (χ1v) is 10.6. The number of aliphatic hydroxyl groups excluding tert-OH is 2. The number of carbonyl (C=O) groups is 2. The summed E-state index contributed by atoms with van der Waals surface area (Å²) in [6, 6.07) is 0. The molecule has 0 unspecified atom stereocenters. The number of rotatable bonds is 1. The van der Waals surface area contributed by atoms with Gasteiger partial charge >= 0.3 is 5.97 Å². The minimum atomic E-state index is -2.24. The lowest BCUT2D eigenvalue weighted by Crippen LogP contribution is -2.85. The van der Waals surface area contributed by atoms with Crippen LogP contribution in [0.1, 0.15) is 46.5 Å². The molecule has 2 heterocycles. The summed E-state index contributed by atoms with van der Waals surface area (Å²) >= 11 is 0. The van der Waals surface area contributed by atoms with E-state index in [1.54, 1.807) is 0 Å². The zero-order valence-corrected chi connectivity index (χ0v) is 17.2. The second-order valence-electron chi connectivity index (χ2n) is 10.6. The molecular weight excluding hydrogens is 376 g/mol. The molecular formula is C22H30O7. The highest BCUT2D eigenvalue weighted by atomic mass is 16.6. The van der Waals surface area contributed by atoms with Crippen LogP contribution in [0.3, 0.4) is 0 Å². The standard InChI is InChI=1S/C22H30O7/c1-10-12-8-13(29-11(2)23)14-20-7-5-6-19(3,4)15(20)18(26)22(27,28-9-20)21(14,16(10)24)17(12)25/h12-15,17-18,25-27H,1,5-9H2,2-4H3/t12-,13-,14-,15+,17+,18-,20+,21-,22+/m0/s1. The zero-order valence-electron chi connectivity index (χ0n) is 17.2. The van der Waals surface area contributed by atoms with Crippen molar-refractivity contribution in [1.82, 2.24) is 0 Å². The SMILES string of the molecule is C=C1C(=O)[C@]23[C@H](O)[C@H]1C[C@H](OC(C)=O)[C@H]2[C@]12CCCC(C)(C)[C@H]1[C@H](O)[C@@]3(O)OC2. The van der Waals surface area contributed by atoms with E-state index in [2.05, 4.69) is 20.4 Å². The molecule has 2 saturated heterocycles. The van der Waals surface area contributed by atoms with E-state index in [0.29, 0.717) is 12.8 Å². The number of hydrogen-bond donors (Lipinski definition) is 3. The molecule has 2 spiro atoms. The normalized spacial score (nSPS) is 54.7. The minimum Gasteiger partial charge on any atom is -0.462 e. The van der Waals surface area contributed by atoms with Gasteiger partial charge in [-0.1, -0.05) is 26.8 Å². The Bertz CT molecular complexity index is 820. The fourth-order valence-corrected chi connectivity index (χ4v) is 8.33. The third kappa shape index (κ3) is 1.90. The number of aliphatic hydroxyl groups is 3. The Labute approximate surface area is 170 Å². The number of fused-ring (bicyclic) bond motifs is 2. The molecule has 0 amide bonds. The van der Waals surface area contributed by atoms with E-state index < -0.39 is 58.5 Å². The molecule has 4 aliphatic carbocycles. The first kappa shape index (κ1) is 19.7. The van der Waals surface area contributed by atoms with Crippen molar-refractivity contribution in [2.45, 2.75) is 70.6 Å². The van der Waals surface area contributed by atoms with Crippen LogP contribution in [0, 0.1) is 34.0 Å². The minimum absolute atomic E-state index is 0.163. The van der Waals surface area contributed by atoms with Gasteiger partial charge in [-0.25, -0.2) is 0 Å². The van der Waals surface area contributed by atoms with Crippen LogP contribution in [0.4, 0.5) is 0 Å². The molecule has 29 heavy (non-hydrogen) atoms. The number of ketones is 1. The van der Waals surface area contributed by atoms with Crippen molar-refractivity contribution in [3.8, 4) is 0 Å². The number of ether oxygens (including phenoxy) is 2. The summed E-state index contributed by atoms with van der Waals surface area (Å²) in [5, 5.41) is 34.6. The lowest BCUT2D eigenvalue weighted by atomic mass is 9.36. The van der Waals surface area contributed by atoms with E-state index in [0.717, 1.165) is 12.8 Å². The van der Waals surface area contributed by atoms with Crippen molar-refractivity contribution in [2.24, 2.45) is 34.0 Å². The molecule has 2 aliphatic heterocycles. The molecule has 0 radical (unpaired) electrons. The van der Waals surface area contributed by atoms with Gasteiger partial charge in [-0.15, -0.1) is 0 Å². The predicted octanol–water partition coefficient (Wildman–Crippen LogP) is 0.946. The number of carbonyl (C=O) groups excluding carboxylic acids is 2. The van der Waals surface area contributed by atoms with Crippen molar-refractivity contribution >= 4 is 11.8 Å². The average Bonchev–Trinajstić information content (AvgIpc) is 2.73. The van der Waals surface area contributed by atoms with Crippen LogP contribution >= 0.6 is 0 Å². The van der Waals surface area contributed by atoms with Crippen molar-refractivity contribution < 1.29 is 34.4 Å². The van der Waals surface area contributed by atoms with Crippen LogP contribution in [0.25, 0.3) is 0 Å². The third-order valence-electron chi connectivity index (χ3n) is 9.04. The van der Waals surface area contributed by atoms with Gasteiger partial charge in [0.15, 0.2) is 5.78 Å². The van der Waals surface area contributed by atoms with Gasteiger partial charge in [0.05, 0.1) is 12.7 Å². The molecule has 0 aromatic heterocycles. The highest BCUT2D eigenvalue weighted by molar-refractivity contribution is 6.05. The van der Waals surface area contributed by atoms with E-state index in [-0.39, 0.29) is 23.5 Å². The summed E-state index contributed by atoms with van der Waals surface area (Å²) in [6.07, 6.45) is -0.508. The van der Waals surface area contributed by atoms with Gasteiger partial charge in [0.25, 0.3) is 0 Å². The summed E-state index contributed by atoms with van der Waals surface area (Å²) in [6.45, 7) is 9.53. The second kappa shape index (κ2) is 5.49. The summed E-state index contributed by atoms with van der Waals surface area (Å²) in [7, 11) is 0. The Balaban J connectivity index is 1.80. The Hall–Kier alpha value is -1.28. The maximum Gasteiger partial charge on any atom is 0.302 e. The highest BCUT2D eigenvalue weighted by Crippen LogP contribution is 2.76. The molecule has 3 N–H and O–H groups in total. The maximum absolute atomic E-state index is 13.6. The molecule has 0 aromatic rings. The molecule has 4 saturated carbocycles. The monoisotopic (exact) mass is 406 g/mol. The molecule has 0 aromatic carbocycles. The second-order valence-corrected chi connectivity index (χ2v) is 10.6. The van der Waals surface area contributed by atoms with Gasteiger partial charge in [0.1, 0.15) is 17.6 Å². The third-order valence-corrected chi connectivity index (χ3v) is 9.04. The number of hydrogen-bond acceptors (Lipinski definition) is 7. The van der Waals surface area contributed by atoms with Crippen LogP contribution in [-0.4, -0.2) is 57.8 Å². The van der Waals surface area contributed by atoms with Crippen LogP contribution < -0.4 is 0 Å². The molecule has 6 fully saturated rings. The largest absolute Gasteiger partial charge is 0.462 e. The number of esters is 1. The zero-order chi connectivity index (χ0) is 21.1. The lowest BCUT2D eigenvalue weighted by Gasteiger charge is -2.74. The predicted molar refractivity (Wildman–Crippen MR) is 100 cm³/mol. The molecule has 6 aliphatic rings. The van der Waals surface area contributed by atoms with Gasteiger partial charge in [-0.3, -0.25) is 9.59 Å². The highest BCUT2D eigenvalue weighted by Gasteiger charge is 2.87. The van der Waals surface area contributed by atoms with Crippen molar-refractivity contribution in [3.05, 3.63) is 12.2 Å². The van der Waals surface area contributed by atoms with E-state index in [4.69, 9.17) is 9.47 Å². The summed E-state index contributed by atoms with van der Waals surface area (Å²) in [5.74, 6) is -4.78. The molecule has 6 rings (SSSR count). The average molecular weight is 406 g/mol. The summed E-state index contributed by atoms with van der Waals surface area (Å²) < 4.78 is 11.6. The van der Waals surface area contributed by atoms with Gasteiger partial charge in [0, 0.05) is 30.1 Å². The van der Waals surface area contributed by atoms with Gasteiger partial charge < -0.3 is 24.8 Å². The summed E-state index contributed by atoms with van der Waals surface area (Å²) in [5.41, 5.74) is -2.54. The van der Waals surface area contributed by atoms with Crippen LogP contribution in [0.15, 0.2) is 12.2 Å². The van der Waals surface area contributed by atoms with E-state index in [9.17, 15) is 24.9 Å². The Morgan fingerprint density at radius 3 is 2.55 bits per heavy atom. The van der Waals surface area contributed by atoms with Gasteiger partial charge in [0.2, 0.25) is 5.79 Å². The van der Waals surface area contributed by atoms with E-state index in [1.807, 2.05) is 0 Å². The molecule has 160 valence electrons. The smallest absolute Gasteiger partial charge is 0.302 e. The fraction of sp³-hybridized carbons (Fsp3) is 0.818. The fourth-order valence-electron chi connectivity index (χ4n) is 8.33. The quantitative estimate of drug-likeness (QED) is 0.439. The van der Waals surface area contributed by atoms with Crippen LogP contribution in [0.5, 0.6) is 0 Å². The Kier molecular flexibility index (Phi) is 3.73. The lowest BCUT2D eigenvalue weighted by molar-refractivity contribution is -0.455.